The van der Waals surface area contributed by atoms with E-state index in [0.29, 0.717) is 12.4 Å². The SMILES string of the molecule is CC(C)(C)c1cc(NC(=O)NCc2ccccn2)no1. The standard InChI is InChI=1S/C14H18N4O2/c1-14(2,3)11-8-12(18-20-11)17-13(19)16-9-10-6-4-5-7-15-10/h4-8H,9H2,1-3H3,(H2,16,17,18,19). The van der Waals surface area contributed by atoms with Gasteiger partial charge in [0.05, 0.1) is 12.2 Å². The molecule has 2 aromatic heterocycles. The molecule has 0 aliphatic carbocycles. The lowest BCUT2D eigenvalue weighted by Gasteiger charge is -2.12. The minimum absolute atomic E-state index is 0.142. The molecule has 0 aliphatic heterocycles. The molecule has 0 bridgehead atoms. The van der Waals surface area contributed by atoms with E-state index in [1.807, 2.05) is 39.0 Å². The Bertz CT molecular complexity index is 572. The summed E-state index contributed by atoms with van der Waals surface area (Å²) in [6.45, 7) is 6.39. The summed E-state index contributed by atoms with van der Waals surface area (Å²) in [7, 11) is 0. The number of nitrogens with zero attached hydrogens (tertiary/aromatic N) is 2. The second-order valence-electron chi connectivity index (χ2n) is 5.46. The molecule has 0 spiro atoms. The molecule has 6 nitrogen and oxygen atoms in total. The molecule has 0 unspecified atom stereocenters. The highest BCUT2D eigenvalue weighted by Crippen LogP contribution is 2.24. The van der Waals surface area contributed by atoms with Gasteiger partial charge in [-0.15, -0.1) is 0 Å². The molecular weight excluding hydrogens is 256 g/mol. The number of hydrogen-bond donors (Lipinski definition) is 2. The summed E-state index contributed by atoms with van der Waals surface area (Å²) in [6, 6.07) is 6.92. The molecule has 2 rings (SSSR count). The van der Waals surface area contributed by atoms with Crippen molar-refractivity contribution in [3.63, 3.8) is 0 Å². The number of urea groups is 1. The number of carbonyl (C=O) groups excluding carboxylic acids is 1. The molecule has 2 amide bonds. The first kappa shape index (κ1) is 14.0. The van der Waals surface area contributed by atoms with Crippen molar-refractivity contribution in [3.8, 4) is 0 Å². The van der Waals surface area contributed by atoms with Gasteiger partial charge in [0.25, 0.3) is 0 Å². The third kappa shape index (κ3) is 3.81. The molecule has 0 saturated carbocycles. The van der Waals surface area contributed by atoms with E-state index in [4.69, 9.17) is 4.52 Å². The molecule has 0 aromatic carbocycles. The van der Waals surface area contributed by atoms with E-state index in [1.165, 1.54) is 0 Å². The van der Waals surface area contributed by atoms with Crippen LogP contribution in [0.5, 0.6) is 0 Å². The molecule has 0 fully saturated rings. The largest absolute Gasteiger partial charge is 0.359 e. The summed E-state index contributed by atoms with van der Waals surface area (Å²) in [5.74, 6) is 1.12. The average Bonchev–Trinajstić information content (AvgIpc) is 2.86. The van der Waals surface area contributed by atoms with Crippen molar-refractivity contribution in [1.29, 1.82) is 0 Å². The fourth-order valence-electron chi connectivity index (χ4n) is 1.52. The van der Waals surface area contributed by atoms with Crippen molar-refractivity contribution in [2.75, 3.05) is 5.32 Å². The van der Waals surface area contributed by atoms with Crippen LogP contribution < -0.4 is 10.6 Å². The molecular formula is C14H18N4O2. The number of aromatic nitrogens is 2. The van der Waals surface area contributed by atoms with Gasteiger partial charge in [0.1, 0.15) is 5.76 Å². The molecule has 20 heavy (non-hydrogen) atoms. The third-order valence-corrected chi connectivity index (χ3v) is 2.65. The summed E-state index contributed by atoms with van der Waals surface area (Å²) in [6.07, 6.45) is 1.68. The first-order chi connectivity index (χ1) is 9.45. The Morgan fingerprint density at radius 1 is 1.35 bits per heavy atom. The van der Waals surface area contributed by atoms with Crippen molar-refractivity contribution < 1.29 is 9.32 Å². The second-order valence-corrected chi connectivity index (χ2v) is 5.46. The van der Waals surface area contributed by atoms with Crippen molar-refractivity contribution in [2.24, 2.45) is 0 Å². The first-order valence-electron chi connectivity index (χ1n) is 6.37. The number of nitrogens with one attached hydrogen (secondary N) is 2. The molecule has 0 saturated heterocycles. The highest BCUT2D eigenvalue weighted by atomic mass is 16.5. The summed E-state index contributed by atoms with van der Waals surface area (Å²) in [5, 5.41) is 9.14. The van der Waals surface area contributed by atoms with Gasteiger partial charge in [-0.2, -0.15) is 0 Å². The Morgan fingerprint density at radius 3 is 2.75 bits per heavy atom. The average molecular weight is 274 g/mol. The van der Waals surface area contributed by atoms with E-state index in [-0.39, 0.29) is 11.4 Å². The van der Waals surface area contributed by atoms with E-state index in [0.717, 1.165) is 11.5 Å². The maximum Gasteiger partial charge on any atom is 0.320 e. The lowest BCUT2D eigenvalue weighted by molar-refractivity contribution is 0.251. The minimum Gasteiger partial charge on any atom is -0.359 e. The Balaban J connectivity index is 1.87. The first-order valence-corrected chi connectivity index (χ1v) is 6.37. The Kier molecular flexibility index (Phi) is 4.02. The molecule has 106 valence electrons. The van der Waals surface area contributed by atoms with Crippen LogP contribution in [0, 0.1) is 0 Å². The monoisotopic (exact) mass is 274 g/mol. The predicted molar refractivity (Wildman–Crippen MR) is 75.3 cm³/mol. The third-order valence-electron chi connectivity index (χ3n) is 2.65. The van der Waals surface area contributed by atoms with Gasteiger partial charge in [0.15, 0.2) is 5.82 Å². The van der Waals surface area contributed by atoms with E-state index in [2.05, 4.69) is 20.8 Å². The van der Waals surface area contributed by atoms with Gasteiger partial charge in [0, 0.05) is 17.7 Å². The smallest absolute Gasteiger partial charge is 0.320 e. The molecule has 6 heteroatoms. The molecule has 0 aliphatic rings. The maximum absolute atomic E-state index is 11.7. The van der Waals surface area contributed by atoms with E-state index in [9.17, 15) is 4.79 Å². The zero-order valence-corrected chi connectivity index (χ0v) is 11.8. The number of carbonyl (C=O) groups is 1. The normalized spacial score (nSPS) is 11.2. The summed E-state index contributed by atoms with van der Waals surface area (Å²) in [4.78, 5) is 15.8. The van der Waals surface area contributed by atoms with E-state index in [1.54, 1.807) is 12.3 Å². The maximum atomic E-state index is 11.7. The van der Waals surface area contributed by atoms with Gasteiger partial charge in [-0.05, 0) is 12.1 Å². The van der Waals surface area contributed by atoms with Crippen molar-refractivity contribution in [3.05, 3.63) is 41.9 Å². The van der Waals surface area contributed by atoms with Crippen LogP contribution in [0.1, 0.15) is 32.2 Å². The quantitative estimate of drug-likeness (QED) is 0.901. The second kappa shape index (κ2) is 5.73. The molecule has 0 atom stereocenters. The zero-order chi connectivity index (χ0) is 14.6. The fraction of sp³-hybridized carbons (Fsp3) is 0.357. The van der Waals surface area contributed by atoms with Crippen LogP contribution in [0.25, 0.3) is 0 Å². The molecule has 2 aromatic rings. The Labute approximate surface area is 117 Å². The lowest BCUT2D eigenvalue weighted by atomic mass is 9.93. The Morgan fingerprint density at radius 2 is 2.15 bits per heavy atom. The van der Waals surface area contributed by atoms with Gasteiger partial charge in [-0.25, -0.2) is 4.79 Å². The Hall–Kier alpha value is -2.37. The number of pyridine rings is 1. The predicted octanol–water partition coefficient (Wildman–Crippen LogP) is 2.69. The molecule has 0 radical (unpaired) electrons. The van der Waals surface area contributed by atoms with Crippen LogP contribution >= 0.6 is 0 Å². The lowest BCUT2D eigenvalue weighted by Crippen LogP contribution is -2.28. The highest BCUT2D eigenvalue weighted by Gasteiger charge is 2.20. The van der Waals surface area contributed by atoms with Crippen LogP contribution in [0.15, 0.2) is 35.0 Å². The number of anilines is 1. The topological polar surface area (TPSA) is 80.0 Å². The number of amides is 2. The van der Waals surface area contributed by atoms with E-state index < -0.39 is 0 Å². The van der Waals surface area contributed by atoms with Crippen LogP contribution in [-0.2, 0) is 12.0 Å². The van der Waals surface area contributed by atoms with Crippen molar-refractivity contribution in [2.45, 2.75) is 32.7 Å². The van der Waals surface area contributed by atoms with Gasteiger partial charge >= 0.3 is 6.03 Å². The van der Waals surface area contributed by atoms with Crippen molar-refractivity contribution in [1.82, 2.24) is 15.5 Å². The van der Waals surface area contributed by atoms with Gasteiger partial charge < -0.3 is 9.84 Å². The minimum atomic E-state index is -0.343. The zero-order valence-electron chi connectivity index (χ0n) is 11.8. The summed E-state index contributed by atoms with van der Waals surface area (Å²) in [5.41, 5.74) is 0.648. The van der Waals surface area contributed by atoms with Crippen LogP contribution in [0.3, 0.4) is 0 Å². The van der Waals surface area contributed by atoms with Crippen LogP contribution in [0.2, 0.25) is 0 Å². The van der Waals surface area contributed by atoms with E-state index >= 15 is 0 Å². The summed E-state index contributed by atoms with van der Waals surface area (Å²) < 4.78 is 5.19. The van der Waals surface area contributed by atoms with Crippen molar-refractivity contribution >= 4 is 11.8 Å². The van der Waals surface area contributed by atoms with Gasteiger partial charge in [-0.3, -0.25) is 10.3 Å². The molecule has 2 heterocycles. The fourth-order valence-corrected chi connectivity index (χ4v) is 1.52. The van der Waals surface area contributed by atoms with Crippen LogP contribution in [0.4, 0.5) is 10.6 Å². The van der Waals surface area contributed by atoms with Gasteiger partial charge in [0.2, 0.25) is 0 Å². The number of hydrogen-bond acceptors (Lipinski definition) is 4. The van der Waals surface area contributed by atoms with Crippen LogP contribution in [-0.4, -0.2) is 16.2 Å². The highest BCUT2D eigenvalue weighted by molar-refractivity contribution is 5.88. The summed E-state index contributed by atoms with van der Waals surface area (Å²) >= 11 is 0. The molecule has 2 N–H and O–H groups in total. The number of rotatable bonds is 3. The van der Waals surface area contributed by atoms with Gasteiger partial charge in [-0.1, -0.05) is 32.0 Å².